The van der Waals surface area contributed by atoms with Crippen LogP contribution in [0.2, 0.25) is 0 Å². The Morgan fingerprint density at radius 2 is 1.93 bits per heavy atom. The molecule has 2 rings (SSSR count). The molecule has 2 heteroatoms. The van der Waals surface area contributed by atoms with Crippen molar-refractivity contribution in [2.75, 3.05) is 26.2 Å². The van der Waals surface area contributed by atoms with Crippen LogP contribution in [0.5, 0.6) is 0 Å². The van der Waals surface area contributed by atoms with E-state index in [0.717, 1.165) is 6.04 Å². The molecule has 0 aromatic rings. The first kappa shape index (κ1) is 11.4. The van der Waals surface area contributed by atoms with Gasteiger partial charge in [0.15, 0.2) is 0 Å². The van der Waals surface area contributed by atoms with Gasteiger partial charge < -0.3 is 0 Å². The molecular formula is C13H26N2. The fourth-order valence-electron chi connectivity index (χ4n) is 2.93. The van der Waals surface area contributed by atoms with Crippen LogP contribution < -0.4 is 0 Å². The van der Waals surface area contributed by atoms with Gasteiger partial charge in [-0.15, -0.1) is 0 Å². The van der Waals surface area contributed by atoms with Crippen LogP contribution in [0.3, 0.4) is 0 Å². The minimum Gasteiger partial charge on any atom is -0.298 e. The van der Waals surface area contributed by atoms with E-state index >= 15 is 0 Å². The highest BCUT2D eigenvalue weighted by atomic mass is 15.3. The lowest BCUT2D eigenvalue weighted by Gasteiger charge is -2.49. The summed E-state index contributed by atoms with van der Waals surface area (Å²) in [5.74, 6) is 0. The molecule has 2 fully saturated rings. The predicted octanol–water partition coefficient (Wildman–Crippen LogP) is 2.35. The second-order valence-electron chi connectivity index (χ2n) is 5.80. The second kappa shape index (κ2) is 4.42. The lowest BCUT2D eigenvalue weighted by Crippen LogP contribution is -2.59. The van der Waals surface area contributed by atoms with Gasteiger partial charge in [0.05, 0.1) is 0 Å². The number of hydrogen-bond donors (Lipinski definition) is 0. The van der Waals surface area contributed by atoms with E-state index in [0.29, 0.717) is 5.54 Å². The monoisotopic (exact) mass is 210 g/mol. The molecule has 88 valence electrons. The van der Waals surface area contributed by atoms with Crippen molar-refractivity contribution in [1.29, 1.82) is 0 Å². The van der Waals surface area contributed by atoms with Crippen molar-refractivity contribution in [3.8, 4) is 0 Å². The van der Waals surface area contributed by atoms with Crippen molar-refractivity contribution >= 4 is 0 Å². The molecule has 0 N–H and O–H groups in total. The van der Waals surface area contributed by atoms with Gasteiger partial charge in [-0.2, -0.15) is 0 Å². The van der Waals surface area contributed by atoms with Gasteiger partial charge in [-0.05, 0) is 39.7 Å². The summed E-state index contributed by atoms with van der Waals surface area (Å²) in [7, 11) is 0. The third kappa shape index (κ3) is 2.36. The highest BCUT2D eigenvalue weighted by Crippen LogP contribution is 2.26. The summed E-state index contributed by atoms with van der Waals surface area (Å²) in [6.45, 7) is 12.3. The zero-order valence-electron chi connectivity index (χ0n) is 10.6. The van der Waals surface area contributed by atoms with E-state index in [-0.39, 0.29) is 0 Å². The average molecular weight is 210 g/mol. The maximum Gasteiger partial charge on any atom is 0.0223 e. The van der Waals surface area contributed by atoms with Gasteiger partial charge in [0, 0.05) is 31.2 Å². The van der Waals surface area contributed by atoms with Gasteiger partial charge in [0.25, 0.3) is 0 Å². The van der Waals surface area contributed by atoms with Crippen LogP contribution in [0.15, 0.2) is 0 Å². The van der Waals surface area contributed by atoms with Gasteiger partial charge in [-0.1, -0.05) is 13.3 Å². The van der Waals surface area contributed by atoms with E-state index in [2.05, 4.69) is 30.6 Å². The zero-order valence-corrected chi connectivity index (χ0v) is 10.6. The molecule has 0 spiro atoms. The molecule has 2 aliphatic rings. The first-order valence-electron chi connectivity index (χ1n) is 6.62. The molecule has 1 unspecified atom stereocenters. The quantitative estimate of drug-likeness (QED) is 0.690. The smallest absolute Gasteiger partial charge is 0.0223 e. The zero-order chi connectivity index (χ0) is 10.9. The summed E-state index contributed by atoms with van der Waals surface area (Å²) in [6, 6.07) is 0.860. The number of piperazine rings is 1. The van der Waals surface area contributed by atoms with E-state index in [4.69, 9.17) is 0 Å². The SMILES string of the molecule is CCC(C)(C)N1CCN2CCCCC2C1. The largest absolute Gasteiger partial charge is 0.298 e. The van der Waals surface area contributed by atoms with E-state index in [1.165, 1.54) is 51.9 Å². The Bertz CT molecular complexity index is 213. The third-order valence-electron chi connectivity index (χ3n) is 4.56. The van der Waals surface area contributed by atoms with Crippen LogP contribution in [-0.4, -0.2) is 47.6 Å². The Balaban J connectivity index is 1.96. The number of piperidine rings is 1. The van der Waals surface area contributed by atoms with E-state index in [1.54, 1.807) is 0 Å². The topological polar surface area (TPSA) is 6.48 Å². The van der Waals surface area contributed by atoms with Crippen LogP contribution >= 0.6 is 0 Å². The van der Waals surface area contributed by atoms with Gasteiger partial charge in [-0.3, -0.25) is 9.80 Å². The Morgan fingerprint density at radius 1 is 1.13 bits per heavy atom. The fourth-order valence-corrected chi connectivity index (χ4v) is 2.93. The predicted molar refractivity (Wildman–Crippen MR) is 65.2 cm³/mol. The lowest BCUT2D eigenvalue weighted by molar-refractivity contribution is -0.00202. The number of rotatable bonds is 2. The standard InChI is InChI=1S/C13H26N2/c1-4-13(2,3)15-10-9-14-8-6-5-7-12(14)11-15/h12H,4-11H2,1-3H3. The van der Waals surface area contributed by atoms with E-state index < -0.39 is 0 Å². The molecule has 2 nitrogen and oxygen atoms in total. The lowest BCUT2D eigenvalue weighted by atomic mass is 9.93. The van der Waals surface area contributed by atoms with Crippen molar-refractivity contribution < 1.29 is 0 Å². The molecule has 0 amide bonds. The Morgan fingerprint density at radius 3 is 2.67 bits per heavy atom. The Hall–Kier alpha value is -0.0800. The molecule has 0 radical (unpaired) electrons. The maximum atomic E-state index is 2.71. The third-order valence-corrected chi connectivity index (χ3v) is 4.56. The molecule has 2 aliphatic heterocycles. The van der Waals surface area contributed by atoms with E-state index in [1.807, 2.05) is 0 Å². The van der Waals surface area contributed by atoms with Gasteiger partial charge >= 0.3 is 0 Å². The van der Waals surface area contributed by atoms with Crippen LogP contribution in [0.25, 0.3) is 0 Å². The molecule has 0 aliphatic carbocycles. The molecule has 2 heterocycles. The maximum absolute atomic E-state index is 2.71. The molecule has 1 atom stereocenters. The van der Waals surface area contributed by atoms with Crippen LogP contribution in [0, 0.1) is 0 Å². The summed E-state index contributed by atoms with van der Waals surface area (Å²) in [4.78, 5) is 5.42. The van der Waals surface area contributed by atoms with Gasteiger partial charge in [0.1, 0.15) is 0 Å². The molecule has 15 heavy (non-hydrogen) atoms. The van der Waals surface area contributed by atoms with Crippen LogP contribution in [0.1, 0.15) is 46.5 Å². The van der Waals surface area contributed by atoms with Crippen molar-refractivity contribution in [2.45, 2.75) is 58.0 Å². The Labute approximate surface area is 94.6 Å². The minimum atomic E-state index is 0.406. The first-order valence-corrected chi connectivity index (χ1v) is 6.62. The summed E-state index contributed by atoms with van der Waals surface area (Å²) in [5, 5.41) is 0. The van der Waals surface area contributed by atoms with Gasteiger partial charge in [0.2, 0.25) is 0 Å². The van der Waals surface area contributed by atoms with Crippen LogP contribution in [0.4, 0.5) is 0 Å². The Kier molecular flexibility index (Phi) is 3.36. The second-order valence-corrected chi connectivity index (χ2v) is 5.80. The number of hydrogen-bond acceptors (Lipinski definition) is 2. The van der Waals surface area contributed by atoms with Crippen molar-refractivity contribution in [2.24, 2.45) is 0 Å². The number of nitrogens with zero attached hydrogens (tertiary/aromatic N) is 2. The summed E-state index contributed by atoms with van der Waals surface area (Å²) < 4.78 is 0. The minimum absolute atomic E-state index is 0.406. The van der Waals surface area contributed by atoms with E-state index in [9.17, 15) is 0 Å². The van der Waals surface area contributed by atoms with Crippen LogP contribution in [-0.2, 0) is 0 Å². The normalized spacial score (nSPS) is 30.2. The molecule has 2 saturated heterocycles. The molecule has 0 aromatic carbocycles. The fraction of sp³-hybridized carbons (Fsp3) is 1.00. The summed E-state index contributed by atoms with van der Waals surface area (Å²) in [6.07, 6.45) is 5.56. The van der Waals surface area contributed by atoms with Gasteiger partial charge in [-0.25, -0.2) is 0 Å². The van der Waals surface area contributed by atoms with Crippen molar-refractivity contribution in [3.05, 3.63) is 0 Å². The molecular weight excluding hydrogens is 184 g/mol. The highest BCUT2D eigenvalue weighted by molar-refractivity contribution is 4.91. The highest BCUT2D eigenvalue weighted by Gasteiger charge is 2.34. The van der Waals surface area contributed by atoms with Crippen molar-refractivity contribution in [1.82, 2.24) is 9.80 Å². The summed E-state index contributed by atoms with van der Waals surface area (Å²) >= 11 is 0. The summed E-state index contributed by atoms with van der Waals surface area (Å²) in [5.41, 5.74) is 0.406. The number of fused-ring (bicyclic) bond motifs is 1. The molecule has 0 bridgehead atoms. The first-order chi connectivity index (χ1) is 7.13. The molecule has 0 saturated carbocycles. The average Bonchev–Trinajstić information content (AvgIpc) is 2.28. The molecule has 0 aromatic heterocycles. The van der Waals surface area contributed by atoms with Crippen molar-refractivity contribution in [3.63, 3.8) is 0 Å².